The molecular weight excluding hydrogens is 597 g/mol. The Morgan fingerprint density at radius 2 is 1.35 bits per heavy atom. The van der Waals surface area contributed by atoms with Crippen LogP contribution in [-0.4, -0.2) is 11.6 Å². The summed E-state index contributed by atoms with van der Waals surface area (Å²) >= 11 is 13.9. The topological polar surface area (TPSA) is 21.3 Å². The Morgan fingerprint density at radius 1 is 0.744 bits per heavy atom. The molecule has 0 aliphatic carbocycles. The van der Waals surface area contributed by atoms with Crippen LogP contribution in [0.1, 0.15) is 17.0 Å². The molecule has 0 fully saturated rings. The van der Waals surface area contributed by atoms with Crippen molar-refractivity contribution >= 4 is 56.5 Å². The highest BCUT2D eigenvalue weighted by Gasteiger charge is 2.28. The summed E-state index contributed by atoms with van der Waals surface area (Å²) in [6.07, 6.45) is 6.01. The number of nitrogens with zero attached hydrogens (tertiary/aromatic N) is 3. The number of ether oxygens (including phenoxy) is 1. The fraction of sp³-hybridized carbons (Fsp3) is 0.0833. The second-order valence-corrected chi connectivity index (χ2v) is 11.2. The van der Waals surface area contributed by atoms with Gasteiger partial charge in [0.25, 0.3) is 16.1 Å². The fourth-order valence-corrected chi connectivity index (χ4v) is 6.07. The van der Waals surface area contributed by atoms with E-state index < -0.39 is 0 Å². The lowest BCUT2D eigenvalue weighted by Crippen LogP contribution is -3.00. The number of allylic oxidation sites excluding steroid dienone is 2. The first kappa shape index (κ1) is 28.9. The predicted molar refractivity (Wildman–Crippen MR) is 173 cm³/mol. The van der Waals surface area contributed by atoms with E-state index in [9.17, 15) is 0 Å². The number of rotatable bonds is 6. The molecule has 0 spiro atoms. The molecule has 0 bridgehead atoms. The SMILES string of the molecule is CN1/C(=C/C=C/c2n(Cc3ccc4ccccc4c3)c(Cl)c(Cl)[n+]2Cc2ccc3ccccc3c2)Oc2ccccc21.[Cl-]. The van der Waals surface area contributed by atoms with E-state index in [1.807, 2.05) is 54.4 Å². The molecule has 1 aliphatic rings. The summed E-state index contributed by atoms with van der Waals surface area (Å²) in [7, 11) is 2.00. The smallest absolute Gasteiger partial charge is 0.284 e. The molecule has 1 aliphatic heterocycles. The zero-order valence-electron chi connectivity index (χ0n) is 23.4. The average Bonchev–Trinajstić information content (AvgIpc) is 3.45. The van der Waals surface area contributed by atoms with Gasteiger partial charge in [0.2, 0.25) is 0 Å². The molecule has 0 atom stereocenters. The standard InChI is InChI=1S/C36H28Cl2N3O.ClH/c1-39-31-13-6-7-14-32(31)42-34(39)16-8-15-33-40(23-25-17-19-27-9-2-4-11-29(27)21-25)35(37)36(38)41(33)24-26-18-20-28-10-3-5-12-30(28)22-26;/h2-22H,23-24H2,1H3;1H/q+1;/p-1. The van der Waals surface area contributed by atoms with Gasteiger partial charge in [-0.2, -0.15) is 0 Å². The molecule has 5 aromatic carbocycles. The van der Waals surface area contributed by atoms with Crippen molar-refractivity contribution in [2.24, 2.45) is 0 Å². The van der Waals surface area contributed by atoms with Crippen LogP contribution in [0.3, 0.4) is 0 Å². The molecule has 7 rings (SSSR count). The Balaban J connectivity index is 0.00000329. The Bertz CT molecular complexity index is 1920. The van der Waals surface area contributed by atoms with Gasteiger partial charge in [-0.1, -0.05) is 84.9 Å². The van der Waals surface area contributed by atoms with Crippen LogP contribution < -0.4 is 26.6 Å². The molecule has 0 N–H and O–H groups in total. The number of hydrogen-bond acceptors (Lipinski definition) is 2. The summed E-state index contributed by atoms with van der Waals surface area (Å²) in [6, 6.07) is 37.8. The van der Waals surface area contributed by atoms with Gasteiger partial charge in [0.1, 0.15) is 13.1 Å². The van der Waals surface area contributed by atoms with E-state index in [4.69, 9.17) is 27.9 Å². The Labute approximate surface area is 267 Å². The van der Waals surface area contributed by atoms with Crippen molar-refractivity contribution in [1.29, 1.82) is 0 Å². The van der Waals surface area contributed by atoms with Crippen molar-refractivity contribution < 1.29 is 21.7 Å². The second kappa shape index (κ2) is 12.2. The molecule has 0 unspecified atom stereocenters. The van der Waals surface area contributed by atoms with Crippen LogP contribution in [-0.2, 0) is 13.1 Å². The van der Waals surface area contributed by atoms with E-state index in [-0.39, 0.29) is 12.4 Å². The van der Waals surface area contributed by atoms with Gasteiger partial charge >= 0.3 is 0 Å². The van der Waals surface area contributed by atoms with Gasteiger partial charge in [0.15, 0.2) is 11.6 Å². The number of anilines is 1. The molecule has 0 saturated carbocycles. The van der Waals surface area contributed by atoms with Crippen molar-refractivity contribution in [1.82, 2.24) is 4.57 Å². The van der Waals surface area contributed by atoms with Gasteiger partial charge < -0.3 is 22.0 Å². The first-order valence-corrected chi connectivity index (χ1v) is 14.6. The number of fused-ring (bicyclic) bond motifs is 3. The highest BCUT2D eigenvalue weighted by Crippen LogP contribution is 2.37. The fourth-order valence-electron chi connectivity index (χ4n) is 5.57. The minimum absolute atomic E-state index is 0. The zero-order valence-corrected chi connectivity index (χ0v) is 25.7. The van der Waals surface area contributed by atoms with Gasteiger partial charge in [-0.3, -0.25) is 0 Å². The maximum Gasteiger partial charge on any atom is 0.284 e. The molecule has 6 aromatic rings. The predicted octanol–water partition coefficient (Wildman–Crippen LogP) is 5.87. The van der Waals surface area contributed by atoms with Gasteiger partial charge in [-0.15, -0.1) is 0 Å². The number of aromatic nitrogens is 2. The first-order chi connectivity index (χ1) is 20.5. The van der Waals surface area contributed by atoms with Crippen LogP contribution in [0.15, 0.2) is 127 Å². The zero-order chi connectivity index (χ0) is 28.6. The Hall–Kier alpha value is -4.22. The molecule has 43 heavy (non-hydrogen) atoms. The summed E-state index contributed by atoms with van der Waals surface area (Å²) in [6.45, 7) is 1.15. The van der Waals surface area contributed by atoms with Crippen LogP contribution in [0.25, 0.3) is 27.6 Å². The van der Waals surface area contributed by atoms with E-state index in [2.05, 4.69) is 94.1 Å². The molecular formula is C36H28Cl3N3O. The highest BCUT2D eigenvalue weighted by molar-refractivity contribution is 6.40. The minimum Gasteiger partial charge on any atom is -1.00 e. The van der Waals surface area contributed by atoms with Crippen LogP contribution in [0.2, 0.25) is 10.3 Å². The molecule has 0 radical (unpaired) electrons. The number of hydrogen-bond donors (Lipinski definition) is 0. The van der Waals surface area contributed by atoms with Crippen molar-refractivity contribution in [3.63, 3.8) is 0 Å². The summed E-state index contributed by atoms with van der Waals surface area (Å²) < 4.78 is 10.2. The Morgan fingerprint density at radius 3 is 2.05 bits per heavy atom. The number of imidazole rings is 1. The van der Waals surface area contributed by atoms with Gasteiger partial charge in [-0.25, -0.2) is 9.13 Å². The number of benzene rings is 5. The molecule has 1 aromatic heterocycles. The van der Waals surface area contributed by atoms with E-state index in [0.29, 0.717) is 23.4 Å². The maximum absolute atomic E-state index is 6.97. The van der Waals surface area contributed by atoms with Crippen molar-refractivity contribution in [3.8, 4) is 5.75 Å². The third-order valence-corrected chi connectivity index (χ3v) is 8.63. The molecule has 4 nitrogen and oxygen atoms in total. The summed E-state index contributed by atoms with van der Waals surface area (Å²) in [5.74, 6) is 2.48. The third kappa shape index (κ3) is 5.62. The third-order valence-electron chi connectivity index (χ3n) is 7.76. The quantitative estimate of drug-likeness (QED) is 0.216. The molecule has 7 heteroatoms. The van der Waals surface area contributed by atoms with Crippen molar-refractivity contribution in [2.75, 3.05) is 11.9 Å². The summed E-state index contributed by atoms with van der Waals surface area (Å²) in [4.78, 5) is 2.04. The lowest BCUT2D eigenvalue weighted by Gasteiger charge is -2.09. The van der Waals surface area contributed by atoms with Gasteiger partial charge in [0.05, 0.1) is 5.69 Å². The van der Waals surface area contributed by atoms with Crippen LogP contribution in [0.4, 0.5) is 5.69 Å². The molecule has 0 saturated heterocycles. The highest BCUT2D eigenvalue weighted by atomic mass is 35.5. The van der Waals surface area contributed by atoms with E-state index in [0.717, 1.165) is 34.3 Å². The first-order valence-electron chi connectivity index (χ1n) is 13.9. The number of halogens is 3. The van der Waals surface area contributed by atoms with Crippen LogP contribution >= 0.6 is 23.2 Å². The largest absolute Gasteiger partial charge is 1.00 e. The maximum atomic E-state index is 6.97. The Kier molecular flexibility index (Phi) is 8.18. The van der Waals surface area contributed by atoms with E-state index in [1.54, 1.807) is 0 Å². The average molecular weight is 625 g/mol. The van der Waals surface area contributed by atoms with E-state index in [1.165, 1.54) is 21.5 Å². The monoisotopic (exact) mass is 623 g/mol. The van der Waals surface area contributed by atoms with Crippen molar-refractivity contribution in [3.05, 3.63) is 154 Å². The normalized spacial score (nSPS) is 13.6. The lowest BCUT2D eigenvalue weighted by atomic mass is 10.1. The summed E-state index contributed by atoms with van der Waals surface area (Å²) in [5, 5.41) is 5.79. The van der Waals surface area contributed by atoms with Crippen molar-refractivity contribution in [2.45, 2.75) is 13.1 Å². The second-order valence-electron chi connectivity index (χ2n) is 10.5. The molecule has 2 heterocycles. The number of para-hydroxylation sites is 2. The van der Waals surface area contributed by atoms with Crippen LogP contribution in [0, 0.1) is 0 Å². The lowest BCUT2D eigenvalue weighted by molar-refractivity contribution is -0.687. The van der Waals surface area contributed by atoms with Gasteiger partial charge in [-0.05, 0) is 92.3 Å². The van der Waals surface area contributed by atoms with Gasteiger partial charge in [0, 0.05) is 13.1 Å². The molecule has 0 amide bonds. The minimum atomic E-state index is 0. The van der Waals surface area contributed by atoms with E-state index >= 15 is 0 Å². The summed E-state index contributed by atoms with van der Waals surface area (Å²) in [5.41, 5.74) is 3.32. The van der Waals surface area contributed by atoms with Crippen LogP contribution in [0.5, 0.6) is 5.75 Å². The molecule has 214 valence electrons.